The normalized spacial score (nSPS) is 12.7. The number of para-hydroxylation sites is 1. The zero-order valence-electron chi connectivity index (χ0n) is 11.3. The highest BCUT2D eigenvalue weighted by molar-refractivity contribution is 6.21. The van der Waals surface area contributed by atoms with Crippen LogP contribution in [0.2, 0.25) is 0 Å². The van der Waals surface area contributed by atoms with Gasteiger partial charge in [-0.15, -0.1) is 11.6 Å². The Morgan fingerprint density at radius 3 is 2.42 bits per heavy atom. The summed E-state index contributed by atoms with van der Waals surface area (Å²) in [7, 11) is 0. The second-order valence-electron chi connectivity index (χ2n) is 4.19. The number of rotatable bonds is 9. The fraction of sp³-hybridized carbons (Fsp3) is 0.571. The summed E-state index contributed by atoms with van der Waals surface area (Å²) in [6.45, 7) is 4.20. The lowest BCUT2D eigenvalue weighted by Gasteiger charge is -2.24. The van der Waals surface area contributed by atoms with E-state index in [1.54, 1.807) is 0 Å². The molecule has 0 aliphatic heterocycles. The Hall–Kier alpha value is -0.810. The molecule has 1 aromatic carbocycles. The van der Waals surface area contributed by atoms with E-state index >= 15 is 0 Å². The molecule has 1 unspecified atom stereocenters. The second kappa shape index (κ2) is 9.15. The van der Waals surface area contributed by atoms with Crippen LogP contribution in [0, 0.1) is 0 Å². The van der Waals surface area contributed by atoms with Gasteiger partial charge in [-0.25, -0.2) is 0 Å². The first-order valence-corrected chi connectivity index (χ1v) is 6.96. The predicted molar refractivity (Wildman–Crippen MR) is 76.8 cm³/mol. The van der Waals surface area contributed by atoms with Gasteiger partial charge in [-0.1, -0.05) is 18.2 Å². The Kier molecular flexibility index (Phi) is 7.82. The van der Waals surface area contributed by atoms with E-state index in [4.69, 9.17) is 26.6 Å². The zero-order chi connectivity index (χ0) is 14.1. The third-order valence-electron chi connectivity index (χ3n) is 2.81. The Bertz CT molecular complexity index is 356. The van der Waals surface area contributed by atoms with Gasteiger partial charge in [0.15, 0.2) is 0 Å². The lowest BCUT2D eigenvalue weighted by atomic mass is 10.1. The number of hydrogen-bond donors (Lipinski definition) is 2. The lowest BCUT2D eigenvalue weighted by molar-refractivity contribution is 0.161. The molecule has 0 aliphatic rings. The van der Waals surface area contributed by atoms with Crippen LogP contribution in [0.3, 0.4) is 0 Å². The van der Waals surface area contributed by atoms with Crippen LogP contribution in [0.4, 0.5) is 0 Å². The molecule has 0 aliphatic carbocycles. The molecule has 1 atom stereocenters. The van der Waals surface area contributed by atoms with E-state index in [1.165, 1.54) is 0 Å². The third-order valence-corrected chi connectivity index (χ3v) is 3.18. The molecule has 4 nitrogen and oxygen atoms in total. The Labute approximate surface area is 119 Å². The molecule has 0 saturated heterocycles. The fourth-order valence-corrected chi connectivity index (χ4v) is 2.30. The van der Waals surface area contributed by atoms with E-state index in [0.29, 0.717) is 26.2 Å². The van der Waals surface area contributed by atoms with E-state index in [-0.39, 0.29) is 18.6 Å². The Balaban J connectivity index is 2.72. The number of halogens is 1. The molecule has 0 bridgehead atoms. The van der Waals surface area contributed by atoms with E-state index in [1.807, 2.05) is 36.1 Å². The van der Waals surface area contributed by atoms with Crippen molar-refractivity contribution in [3.63, 3.8) is 0 Å². The highest BCUT2D eigenvalue weighted by Crippen LogP contribution is 2.30. The van der Waals surface area contributed by atoms with Gasteiger partial charge in [0, 0.05) is 25.2 Å². The first kappa shape index (κ1) is 16.2. The van der Waals surface area contributed by atoms with Crippen LogP contribution in [0.25, 0.3) is 0 Å². The number of benzene rings is 1. The van der Waals surface area contributed by atoms with Crippen molar-refractivity contribution in [2.24, 2.45) is 0 Å². The van der Waals surface area contributed by atoms with Crippen molar-refractivity contribution in [3.05, 3.63) is 29.8 Å². The Morgan fingerprint density at radius 2 is 1.84 bits per heavy atom. The van der Waals surface area contributed by atoms with Gasteiger partial charge in [0.05, 0.1) is 25.2 Å². The quantitative estimate of drug-likeness (QED) is 0.678. The van der Waals surface area contributed by atoms with Crippen molar-refractivity contribution >= 4 is 11.6 Å². The molecule has 0 fully saturated rings. The maximum atomic E-state index is 8.99. The second-order valence-corrected chi connectivity index (χ2v) is 4.71. The molecule has 0 amide bonds. The molecule has 1 rings (SSSR count). The largest absolute Gasteiger partial charge is 0.494 e. The van der Waals surface area contributed by atoms with E-state index in [9.17, 15) is 0 Å². The van der Waals surface area contributed by atoms with Crippen LogP contribution in [-0.2, 0) is 0 Å². The number of hydrogen-bond acceptors (Lipinski definition) is 4. The number of nitrogens with zero attached hydrogens (tertiary/aromatic N) is 1. The minimum Gasteiger partial charge on any atom is -0.494 e. The minimum atomic E-state index is -0.235. The van der Waals surface area contributed by atoms with Crippen molar-refractivity contribution < 1.29 is 14.9 Å². The smallest absolute Gasteiger partial charge is 0.124 e. The lowest BCUT2D eigenvalue weighted by Crippen LogP contribution is -2.32. The molecule has 1 aromatic rings. The fourth-order valence-electron chi connectivity index (χ4n) is 1.93. The molecular formula is C14H22ClNO3. The first-order chi connectivity index (χ1) is 9.22. The number of ether oxygens (including phenoxy) is 1. The minimum absolute atomic E-state index is 0.0523. The summed E-state index contributed by atoms with van der Waals surface area (Å²) in [4.78, 5) is 1.93. The molecule has 108 valence electrons. The van der Waals surface area contributed by atoms with Crippen LogP contribution in [0.1, 0.15) is 17.9 Å². The number of aliphatic hydroxyl groups excluding tert-OH is 2. The molecule has 0 saturated carbocycles. The molecule has 19 heavy (non-hydrogen) atoms. The van der Waals surface area contributed by atoms with Gasteiger partial charge in [-0.3, -0.25) is 4.90 Å². The summed E-state index contributed by atoms with van der Waals surface area (Å²) in [5.74, 6) is 0.790. The van der Waals surface area contributed by atoms with E-state index in [0.717, 1.165) is 11.3 Å². The van der Waals surface area contributed by atoms with Gasteiger partial charge in [0.2, 0.25) is 0 Å². The molecule has 0 heterocycles. The summed E-state index contributed by atoms with van der Waals surface area (Å²) in [6.07, 6.45) is 0. The average molecular weight is 288 g/mol. The maximum Gasteiger partial charge on any atom is 0.124 e. The summed E-state index contributed by atoms with van der Waals surface area (Å²) < 4.78 is 5.56. The Morgan fingerprint density at radius 1 is 1.21 bits per heavy atom. The van der Waals surface area contributed by atoms with Crippen LogP contribution < -0.4 is 4.74 Å². The number of alkyl halides is 1. The summed E-state index contributed by atoms with van der Waals surface area (Å²) in [5, 5.41) is 17.8. The standard InChI is InChI=1S/C14H22ClNO3/c1-2-19-14-6-4-3-5-12(14)13(15)11-16(7-9-17)8-10-18/h3-6,13,17-18H,2,7-11H2,1H3. The molecule has 2 N–H and O–H groups in total. The predicted octanol–water partition coefficient (Wildman–Crippen LogP) is 1.65. The van der Waals surface area contributed by atoms with Gasteiger partial charge in [-0.05, 0) is 13.0 Å². The van der Waals surface area contributed by atoms with Crippen LogP contribution in [-0.4, -0.2) is 54.6 Å². The van der Waals surface area contributed by atoms with Crippen molar-refractivity contribution in [1.29, 1.82) is 0 Å². The van der Waals surface area contributed by atoms with Crippen LogP contribution >= 0.6 is 11.6 Å². The highest BCUT2D eigenvalue weighted by atomic mass is 35.5. The van der Waals surface area contributed by atoms with E-state index in [2.05, 4.69) is 0 Å². The SMILES string of the molecule is CCOc1ccccc1C(Cl)CN(CCO)CCO. The van der Waals surface area contributed by atoms with Crippen molar-refractivity contribution in [2.75, 3.05) is 39.5 Å². The average Bonchev–Trinajstić information content (AvgIpc) is 2.40. The molecular weight excluding hydrogens is 266 g/mol. The number of aliphatic hydroxyl groups is 2. The van der Waals surface area contributed by atoms with Crippen molar-refractivity contribution in [2.45, 2.75) is 12.3 Å². The van der Waals surface area contributed by atoms with Gasteiger partial charge in [-0.2, -0.15) is 0 Å². The van der Waals surface area contributed by atoms with E-state index < -0.39 is 0 Å². The van der Waals surface area contributed by atoms with Gasteiger partial charge >= 0.3 is 0 Å². The third kappa shape index (κ3) is 5.37. The van der Waals surface area contributed by atoms with Crippen LogP contribution in [0.15, 0.2) is 24.3 Å². The monoisotopic (exact) mass is 287 g/mol. The maximum absolute atomic E-state index is 8.99. The van der Waals surface area contributed by atoms with Crippen molar-refractivity contribution in [1.82, 2.24) is 4.90 Å². The van der Waals surface area contributed by atoms with Gasteiger partial charge < -0.3 is 14.9 Å². The first-order valence-electron chi connectivity index (χ1n) is 6.52. The summed E-state index contributed by atoms with van der Waals surface area (Å²) in [6, 6.07) is 7.68. The van der Waals surface area contributed by atoms with Gasteiger partial charge in [0.1, 0.15) is 5.75 Å². The van der Waals surface area contributed by atoms with Gasteiger partial charge in [0.25, 0.3) is 0 Å². The zero-order valence-corrected chi connectivity index (χ0v) is 12.0. The molecule has 0 aromatic heterocycles. The van der Waals surface area contributed by atoms with Crippen molar-refractivity contribution in [3.8, 4) is 5.75 Å². The molecule has 5 heteroatoms. The molecule has 0 radical (unpaired) electrons. The highest BCUT2D eigenvalue weighted by Gasteiger charge is 2.16. The van der Waals surface area contributed by atoms with Crippen LogP contribution in [0.5, 0.6) is 5.75 Å². The summed E-state index contributed by atoms with van der Waals surface area (Å²) in [5.41, 5.74) is 0.937. The topological polar surface area (TPSA) is 52.9 Å². The summed E-state index contributed by atoms with van der Waals surface area (Å²) >= 11 is 6.43. The molecule has 0 spiro atoms.